The van der Waals surface area contributed by atoms with E-state index >= 15 is 0 Å². The van der Waals surface area contributed by atoms with Gasteiger partial charge in [0.1, 0.15) is 0 Å². The Labute approximate surface area is 130 Å². The molecular weight excluding hydrogens is 308 g/mol. The van der Waals surface area contributed by atoms with Gasteiger partial charge in [0.05, 0.1) is 12.7 Å². The molecule has 1 aromatic carbocycles. The summed E-state index contributed by atoms with van der Waals surface area (Å²) in [5.41, 5.74) is 0.705. The predicted molar refractivity (Wildman–Crippen MR) is 77.0 cm³/mol. The number of hydrogen-bond acceptors (Lipinski definition) is 6. The second-order valence-corrected chi connectivity index (χ2v) is 4.81. The molecule has 0 aliphatic carbocycles. The van der Waals surface area contributed by atoms with Crippen LogP contribution in [0.4, 0.5) is 0 Å². The Morgan fingerprint density at radius 3 is 2.82 bits per heavy atom. The lowest BCUT2D eigenvalue weighted by atomic mass is 10.1. The monoisotopic (exact) mass is 318 g/mol. The summed E-state index contributed by atoms with van der Waals surface area (Å²) in [4.78, 5) is 11.8. The maximum absolute atomic E-state index is 11.8. The zero-order chi connectivity index (χ0) is 15.4. The Bertz CT molecular complexity index is 767. The average molecular weight is 319 g/mol. The van der Waals surface area contributed by atoms with E-state index in [1.807, 2.05) is 6.07 Å². The van der Waals surface area contributed by atoms with E-state index in [4.69, 9.17) is 25.2 Å². The van der Waals surface area contributed by atoms with Gasteiger partial charge >= 0.3 is 5.97 Å². The van der Waals surface area contributed by atoms with Crippen molar-refractivity contribution in [2.75, 3.05) is 0 Å². The molecule has 7 heteroatoms. The fourth-order valence-corrected chi connectivity index (χ4v) is 2.00. The lowest BCUT2D eigenvalue weighted by Gasteiger charge is -2.03. The van der Waals surface area contributed by atoms with Gasteiger partial charge in [-0.2, -0.15) is 0 Å². The summed E-state index contributed by atoms with van der Waals surface area (Å²) in [5.74, 6) is 0.466. The fourth-order valence-electron chi connectivity index (χ4n) is 1.80. The number of aromatic nitrogens is 2. The Morgan fingerprint density at radius 1 is 1.18 bits per heavy atom. The SMILES string of the molecule is O=C(Cc1ccccc1Cl)OCc1nnc(-c2ccco2)o1. The molecule has 0 radical (unpaired) electrons. The first-order valence-corrected chi connectivity index (χ1v) is 6.85. The van der Waals surface area contributed by atoms with Crippen molar-refractivity contribution in [3.63, 3.8) is 0 Å². The third kappa shape index (κ3) is 3.35. The van der Waals surface area contributed by atoms with Crippen molar-refractivity contribution >= 4 is 17.6 Å². The lowest BCUT2D eigenvalue weighted by molar-refractivity contribution is -0.144. The van der Waals surface area contributed by atoms with Gasteiger partial charge in [0.2, 0.25) is 0 Å². The predicted octanol–water partition coefficient (Wildman–Crippen LogP) is 3.27. The first-order valence-electron chi connectivity index (χ1n) is 6.47. The van der Waals surface area contributed by atoms with Gasteiger partial charge in [-0.05, 0) is 23.8 Å². The number of esters is 1. The van der Waals surface area contributed by atoms with Crippen LogP contribution in [0.5, 0.6) is 0 Å². The highest BCUT2D eigenvalue weighted by Crippen LogP contribution is 2.19. The van der Waals surface area contributed by atoms with Crippen LogP contribution in [0.25, 0.3) is 11.7 Å². The number of carbonyl (C=O) groups excluding carboxylic acids is 1. The molecule has 112 valence electrons. The molecule has 0 aliphatic heterocycles. The van der Waals surface area contributed by atoms with Crippen LogP contribution in [0.2, 0.25) is 5.02 Å². The molecule has 0 unspecified atom stereocenters. The van der Waals surface area contributed by atoms with Crippen LogP contribution in [-0.4, -0.2) is 16.2 Å². The standard InChI is InChI=1S/C15H11ClN2O4/c16-11-5-2-1-4-10(11)8-14(19)21-9-13-17-18-15(22-13)12-6-3-7-20-12/h1-7H,8-9H2. The van der Waals surface area contributed by atoms with Crippen molar-refractivity contribution in [2.45, 2.75) is 13.0 Å². The van der Waals surface area contributed by atoms with Gasteiger partial charge in [-0.3, -0.25) is 4.79 Å². The maximum atomic E-state index is 11.8. The van der Waals surface area contributed by atoms with E-state index in [1.54, 1.807) is 30.3 Å². The van der Waals surface area contributed by atoms with E-state index in [1.165, 1.54) is 6.26 Å². The van der Waals surface area contributed by atoms with Crippen LogP contribution in [0.1, 0.15) is 11.5 Å². The van der Waals surface area contributed by atoms with Gasteiger partial charge in [0, 0.05) is 5.02 Å². The average Bonchev–Trinajstić information content (AvgIpc) is 3.18. The van der Waals surface area contributed by atoms with Crippen LogP contribution in [0.3, 0.4) is 0 Å². The number of hydrogen-bond donors (Lipinski definition) is 0. The molecular formula is C15H11ClN2O4. The third-order valence-corrected chi connectivity index (χ3v) is 3.22. The van der Waals surface area contributed by atoms with Gasteiger partial charge in [0.25, 0.3) is 11.8 Å². The van der Waals surface area contributed by atoms with E-state index < -0.39 is 5.97 Å². The van der Waals surface area contributed by atoms with E-state index in [0.717, 1.165) is 0 Å². The zero-order valence-electron chi connectivity index (χ0n) is 11.4. The molecule has 0 spiro atoms. The second-order valence-electron chi connectivity index (χ2n) is 4.41. The summed E-state index contributed by atoms with van der Waals surface area (Å²) in [6.45, 7) is -0.100. The van der Waals surface area contributed by atoms with Gasteiger partial charge in [0.15, 0.2) is 12.4 Å². The van der Waals surface area contributed by atoms with Crippen LogP contribution in [-0.2, 0) is 22.6 Å². The molecule has 3 rings (SSSR count). The molecule has 0 aliphatic rings. The lowest BCUT2D eigenvalue weighted by Crippen LogP contribution is -2.08. The Morgan fingerprint density at radius 2 is 2.05 bits per heavy atom. The number of rotatable bonds is 5. The van der Waals surface area contributed by atoms with Crippen molar-refractivity contribution in [3.8, 4) is 11.7 Å². The van der Waals surface area contributed by atoms with Gasteiger partial charge < -0.3 is 13.6 Å². The molecule has 0 saturated carbocycles. The van der Waals surface area contributed by atoms with Crippen LogP contribution in [0, 0.1) is 0 Å². The van der Waals surface area contributed by atoms with Gasteiger partial charge in [-0.15, -0.1) is 10.2 Å². The zero-order valence-corrected chi connectivity index (χ0v) is 12.1. The molecule has 2 aromatic heterocycles. The Kier molecular flexibility index (Phi) is 4.20. The molecule has 0 fully saturated rings. The molecule has 0 N–H and O–H groups in total. The summed E-state index contributed by atoms with van der Waals surface area (Å²) in [7, 11) is 0. The first-order chi connectivity index (χ1) is 10.7. The Hall–Kier alpha value is -2.60. The summed E-state index contributed by atoms with van der Waals surface area (Å²) >= 11 is 5.99. The minimum Gasteiger partial charge on any atom is -0.459 e. The van der Waals surface area contributed by atoms with Crippen molar-refractivity contribution in [1.82, 2.24) is 10.2 Å². The molecule has 22 heavy (non-hydrogen) atoms. The molecule has 6 nitrogen and oxygen atoms in total. The van der Waals surface area contributed by atoms with E-state index in [0.29, 0.717) is 16.3 Å². The quantitative estimate of drug-likeness (QED) is 0.672. The number of benzene rings is 1. The molecule has 0 saturated heterocycles. The number of halogens is 1. The molecule has 3 aromatic rings. The van der Waals surface area contributed by atoms with Crippen molar-refractivity contribution < 1.29 is 18.4 Å². The smallest absolute Gasteiger partial charge is 0.310 e. The first kappa shape index (κ1) is 14.3. The third-order valence-electron chi connectivity index (χ3n) is 2.85. The normalized spacial score (nSPS) is 10.6. The van der Waals surface area contributed by atoms with E-state index in [-0.39, 0.29) is 24.8 Å². The number of carbonyl (C=O) groups is 1. The van der Waals surface area contributed by atoms with Gasteiger partial charge in [-0.1, -0.05) is 29.8 Å². The highest BCUT2D eigenvalue weighted by atomic mass is 35.5. The van der Waals surface area contributed by atoms with Crippen LogP contribution >= 0.6 is 11.6 Å². The van der Waals surface area contributed by atoms with Crippen molar-refractivity contribution in [3.05, 3.63) is 59.1 Å². The van der Waals surface area contributed by atoms with Crippen molar-refractivity contribution in [1.29, 1.82) is 0 Å². The van der Waals surface area contributed by atoms with Crippen LogP contribution < -0.4 is 0 Å². The maximum Gasteiger partial charge on any atom is 0.310 e. The molecule has 0 bridgehead atoms. The summed E-state index contributed by atoms with van der Waals surface area (Å²) < 4.78 is 15.6. The van der Waals surface area contributed by atoms with Gasteiger partial charge in [-0.25, -0.2) is 0 Å². The highest BCUT2D eigenvalue weighted by molar-refractivity contribution is 6.31. The topological polar surface area (TPSA) is 78.4 Å². The minimum absolute atomic E-state index is 0.0822. The minimum atomic E-state index is -0.425. The van der Waals surface area contributed by atoms with Crippen LogP contribution in [0.15, 0.2) is 51.5 Å². The fraction of sp³-hybridized carbons (Fsp3) is 0.133. The van der Waals surface area contributed by atoms with Crippen molar-refractivity contribution in [2.24, 2.45) is 0 Å². The van der Waals surface area contributed by atoms with E-state index in [9.17, 15) is 4.79 Å². The molecule has 2 heterocycles. The summed E-state index contributed by atoms with van der Waals surface area (Å²) in [6.07, 6.45) is 1.59. The van der Waals surface area contributed by atoms with E-state index in [2.05, 4.69) is 10.2 Å². The number of ether oxygens (including phenoxy) is 1. The summed E-state index contributed by atoms with van der Waals surface area (Å²) in [6, 6.07) is 10.5. The summed E-state index contributed by atoms with van der Waals surface area (Å²) in [5, 5.41) is 8.13. The highest BCUT2D eigenvalue weighted by Gasteiger charge is 2.13. The largest absolute Gasteiger partial charge is 0.459 e. The Balaban J connectivity index is 1.56. The number of nitrogens with zero attached hydrogens (tertiary/aromatic N) is 2. The second kappa shape index (κ2) is 6.44. The molecule has 0 amide bonds. The molecule has 0 atom stereocenters. The number of furan rings is 1.